The number of benzene rings is 2. The van der Waals surface area contributed by atoms with Gasteiger partial charge in [-0.05, 0) is 67.8 Å². The Morgan fingerprint density at radius 1 is 0.963 bits per heavy atom. The summed E-state index contributed by atoms with van der Waals surface area (Å²) >= 11 is 0. The van der Waals surface area contributed by atoms with Gasteiger partial charge in [0, 0.05) is 30.3 Å². The van der Waals surface area contributed by atoms with Gasteiger partial charge in [-0.2, -0.15) is 0 Å². The average Bonchev–Trinajstić information content (AvgIpc) is 2.66. The number of hydrogen-bond donors (Lipinski definition) is 2. The zero-order chi connectivity index (χ0) is 19.6. The van der Waals surface area contributed by atoms with Crippen LogP contribution in [0.1, 0.15) is 56.0 Å². The van der Waals surface area contributed by atoms with Crippen molar-refractivity contribution < 1.29 is 19.5 Å². The normalized spacial score (nSPS) is 13.2. The maximum Gasteiger partial charge on any atom is 0.335 e. The second kappa shape index (κ2) is 7.61. The minimum Gasteiger partial charge on any atom is -0.478 e. The lowest BCUT2D eigenvalue weighted by Crippen LogP contribution is -2.36. The number of carbonyl (C=O) groups is 3. The maximum atomic E-state index is 12.8. The number of carbonyl (C=O) groups excluding carboxylic acids is 2. The van der Waals surface area contributed by atoms with E-state index >= 15 is 0 Å². The van der Waals surface area contributed by atoms with Gasteiger partial charge >= 0.3 is 5.97 Å². The SMILES string of the molecule is CC(C)NC(=O)c1ccc(C(=O)N2CCc3ccc(C(=O)O)cc3C2)cc1. The first-order chi connectivity index (χ1) is 12.8. The van der Waals surface area contributed by atoms with Crippen LogP contribution >= 0.6 is 0 Å². The summed E-state index contributed by atoms with van der Waals surface area (Å²) in [6, 6.07) is 11.7. The Bertz CT molecular complexity index is 888. The van der Waals surface area contributed by atoms with Gasteiger partial charge in [-0.25, -0.2) is 4.79 Å². The summed E-state index contributed by atoms with van der Waals surface area (Å²) in [6.07, 6.45) is 0.690. The molecule has 1 aliphatic rings. The molecule has 3 rings (SSSR count). The third-order valence-electron chi connectivity index (χ3n) is 4.57. The molecule has 6 heteroatoms. The molecule has 2 N–H and O–H groups in total. The molecule has 1 heterocycles. The van der Waals surface area contributed by atoms with Crippen molar-refractivity contribution in [2.45, 2.75) is 32.9 Å². The number of rotatable bonds is 4. The highest BCUT2D eigenvalue weighted by Gasteiger charge is 2.23. The molecule has 0 unspecified atom stereocenters. The van der Waals surface area contributed by atoms with Gasteiger partial charge in [-0.3, -0.25) is 9.59 Å². The Hall–Kier alpha value is -3.15. The zero-order valence-electron chi connectivity index (χ0n) is 15.4. The first-order valence-electron chi connectivity index (χ1n) is 8.90. The molecule has 140 valence electrons. The minimum absolute atomic E-state index is 0.0444. The van der Waals surface area contributed by atoms with Crippen LogP contribution in [0.4, 0.5) is 0 Å². The number of hydrogen-bond acceptors (Lipinski definition) is 3. The van der Waals surface area contributed by atoms with E-state index in [1.807, 2.05) is 19.9 Å². The van der Waals surface area contributed by atoms with Gasteiger partial charge in [0.15, 0.2) is 0 Å². The Morgan fingerprint density at radius 2 is 1.59 bits per heavy atom. The number of carboxylic acid groups (broad SMARTS) is 1. The van der Waals surface area contributed by atoms with Crippen molar-refractivity contribution in [3.63, 3.8) is 0 Å². The Balaban J connectivity index is 1.74. The number of aromatic carboxylic acids is 1. The fraction of sp³-hybridized carbons (Fsp3) is 0.286. The lowest BCUT2D eigenvalue weighted by molar-refractivity contribution is 0.0696. The monoisotopic (exact) mass is 366 g/mol. The topological polar surface area (TPSA) is 86.7 Å². The highest BCUT2D eigenvalue weighted by Crippen LogP contribution is 2.22. The zero-order valence-corrected chi connectivity index (χ0v) is 15.4. The third kappa shape index (κ3) is 4.16. The minimum atomic E-state index is -0.975. The first kappa shape index (κ1) is 18.6. The lowest BCUT2D eigenvalue weighted by atomic mass is 9.96. The largest absolute Gasteiger partial charge is 0.478 e. The molecule has 0 radical (unpaired) electrons. The van der Waals surface area contributed by atoms with Crippen LogP contribution < -0.4 is 5.32 Å². The molecule has 0 aromatic heterocycles. The van der Waals surface area contributed by atoms with Gasteiger partial charge in [0.25, 0.3) is 11.8 Å². The molecule has 0 spiro atoms. The summed E-state index contributed by atoms with van der Waals surface area (Å²) in [6.45, 7) is 4.73. The number of amides is 2. The van der Waals surface area contributed by atoms with Gasteiger partial charge < -0.3 is 15.3 Å². The molecule has 0 saturated carbocycles. The quantitative estimate of drug-likeness (QED) is 0.871. The molecule has 0 atom stereocenters. The molecule has 27 heavy (non-hydrogen) atoms. The predicted octanol–water partition coefficient (Wildman–Crippen LogP) is 2.72. The summed E-state index contributed by atoms with van der Waals surface area (Å²) in [4.78, 5) is 37.7. The van der Waals surface area contributed by atoms with Gasteiger partial charge in [-0.15, -0.1) is 0 Å². The number of carboxylic acids is 1. The molecule has 0 aliphatic carbocycles. The van der Waals surface area contributed by atoms with Crippen LogP contribution in [-0.2, 0) is 13.0 Å². The summed E-state index contributed by atoms with van der Waals surface area (Å²) in [5.74, 6) is -1.27. The van der Waals surface area contributed by atoms with Gasteiger partial charge in [0.1, 0.15) is 0 Å². The molecule has 2 aromatic carbocycles. The Kier molecular flexibility index (Phi) is 5.26. The second-order valence-electron chi connectivity index (χ2n) is 6.97. The van der Waals surface area contributed by atoms with E-state index in [0.29, 0.717) is 30.6 Å². The molecule has 2 aromatic rings. The molecule has 6 nitrogen and oxygen atoms in total. The van der Waals surface area contributed by atoms with Crippen molar-refractivity contribution >= 4 is 17.8 Å². The molecule has 2 amide bonds. The summed E-state index contributed by atoms with van der Waals surface area (Å²) in [5.41, 5.74) is 3.18. The highest BCUT2D eigenvalue weighted by atomic mass is 16.4. The molecule has 0 fully saturated rings. The van der Waals surface area contributed by atoms with Crippen molar-refractivity contribution in [1.82, 2.24) is 10.2 Å². The average molecular weight is 366 g/mol. The van der Waals surface area contributed by atoms with Crippen molar-refractivity contribution in [1.29, 1.82) is 0 Å². The standard InChI is InChI=1S/C21H22N2O4/c1-13(2)22-19(24)15-4-6-16(7-5-15)20(25)23-10-9-14-3-8-17(21(26)27)11-18(14)12-23/h3-8,11,13H,9-10,12H2,1-2H3,(H,22,24)(H,26,27). The smallest absolute Gasteiger partial charge is 0.335 e. The fourth-order valence-electron chi connectivity index (χ4n) is 3.16. The van der Waals surface area contributed by atoms with E-state index in [-0.39, 0.29) is 23.4 Å². The van der Waals surface area contributed by atoms with Crippen molar-refractivity contribution in [2.24, 2.45) is 0 Å². The van der Waals surface area contributed by atoms with E-state index < -0.39 is 5.97 Å². The van der Waals surface area contributed by atoms with Gasteiger partial charge in [0.2, 0.25) is 0 Å². The molecule has 0 bridgehead atoms. The molecular weight excluding hydrogens is 344 g/mol. The number of nitrogens with zero attached hydrogens (tertiary/aromatic N) is 1. The van der Waals surface area contributed by atoms with E-state index in [1.54, 1.807) is 41.3 Å². The molecular formula is C21H22N2O4. The van der Waals surface area contributed by atoms with E-state index in [1.165, 1.54) is 0 Å². The van der Waals surface area contributed by atoms with Crippen LogP contribution in [-0.4, -0.2) is 40.4 Å². The third-order valence-corrected chi connectivity index (χ3v) is 4.57. The number of fused-ring (bicyclic) bond motifs is 1. The van der Waals surface area contributed by atoms with Crippen LogP contribution in [0.3, 0.4) is 0 Å². The number of nitrogens with one attached hydrogen (secondary N) is 1. The van der Waals surface area contributed by atoms with Crippen LogP contribution in [0.25, 0.3) is 0 Å². The molecule has 1 aliphatic heterocycles. The first-order valence-corrected chi connectivity index (χ1v) is 8.90. The highest BCUT2D eigenvalue weighted by molar-refractivity contribution is 5.98. The Morgan fingerprint density at radius 3 is 2.22 bits per heavy atom. The van der Waals surface area contributed by atoms with Crippen LogP contribution in [0.2, 0.25) is 0 Å². The predicted molar refractivity (Wildman–Crippen MR) is 101 cm³/mol. The fourth-order valence-corrected chi connectivity index (χ4v) is 3.16. The van der Waals surface area contributed by atoms with Crippen LogP contribution in [0.15, 0.2) is 42.5 Å². The summed E-state index contributed by atoms with van der Waals surface area (Å²) in [7, 11) is 0. The van der Waals surface area contributed by atoms with Crippen molar-refractivity contribution in [2.75, 3.05) is 6.54 Å². The van der Waals surface area contributed by atoms with E-state index in [0.717, 1.165) is 11.1 Å². The van der Waals surface area contributed by atoms with Crippen LogP contribution in [0.5, 0.6) is 0 Å². The summed E-state index contributed by atoms with van der Waals surface area (Å²) in [5, 5.41) is 12.0. The van der Waals surface area contributed by atoms with Gasteiger partial charge in [-0.1, -0.05) is 6.07 Å². The lowest BCUT2D eigenvalue weighted by Gasteiger charge is -2.29. The van der Waals surface area contributed by atoms with E-state index in [2.05, 4.69) is 5.32 Å². The van der Waals surface area contributed by atoms with Crippen molar-refractivity contribution in [3.8, 4) is 0 Å². The van der Waals surface area contributed by atoms with Gasteiger partial charge in [0.05, 0.1) is 5.56 Å². The van der Waals surface area contributed by atoms with Crippen LogP contribution in [0, 0.1) is 0 Å². The molecule has 0 saturated heterocycles. The Labute approximate surface area is 157 Å². The maximum absolute atomic E-state index is 12.8. The summed E-state index contributed by atoms with van der Waals surface area (Å²) < 4.78 is 0. The van der Waals surface area contributed by atoms with E-state index in [9.17, 15) is 14.4 Å². The second-order valence-corrected chi connectivity index (χ2v) is 6.97. The van der Waals surface area contributed by atoms with Crippen molar-refractivity contribution in [3.05, 3.63) is 70.3 Å². The van der Waals surface area contributed by atoms with E-state index in [4.69, 9.17) is 5.11 Å².